The quantitative estimate of drug-likeness (QED) is 0.506. The number of ether oxygens (including phenoxy) is 1. The Balaban J connectivity index is 2.02. The number of amides is 1. The van der Waals surface area contributed by atoms with Crippen molar-refractivity contribution >= 4 is 27.8 Å². The van der Waals surface area contributed by atoms with Crippen molar-refractivity contribution in [1.29, 1.82) is 0 Å². The van der Waals surface area contributed by atoms with Gasteiger partial charge in [-0.25, -0.2) is 4.99 Å². The third kappa shape index (κ3) is 6.81. The zero-order valence-corrected chi connectivity index (χ0v) is 18.3. The molecule has 2 N–H and O–H groups in total. The highest BCUT2D eigenvalue weighted by Crippen LogP contribution is 2.29. The van der Waals surface area contributed by atoms with Crippen LogP contribution in [0.4, 0.5) is 0 Å². The fraction of sp³-hybridized carbons (Fsp3) is 0.600. The Labute approximate surface area is 170 Å². The monoisotopic (exact) mass is 438 g/mol. The van der Waals surface area contributed by atoms with Crippen molar-refractivity contribution < 1.29 is 9.53 Å². The SMILES string of the molecule is CN(C)C(=O)CN=C(NCC1CCOC1)NCC(C)(C)c1ccccc1Br. The zero-order chi connectivity index (χ0) is 19.9. The molecule has 1 aromatic rings. The van der Waals surface area contributed by atoms with Gasteiger partial charge in [-0.3, -0.25) is 4.79 Å². The molecule has 2 rings (SSSR count). The lowest BCUT2D eigenvalue weighted by Crippen LogP contribution is -2.45. The third-order valence-electron chi connectivity index (χ3n) is 4.75. The minimum Gasteiger partial charge on any atom is -0.381 e. The number of carbonyl (C=O) groups is 1. The molecular formula is C20H31BrN4O2. The number of hydrogen-bond donors (Lipinski definition) is 2. The van der Waals surface area contributed by atoms with E-state index in [1.807, 2.05) is 12.1 Å². The summed E-state index contributed by atoms with van der Waals surface area (Å²) in [7, 11) is 3.48. The number of benzene rings is 1. The second-order valence-corrected chi connectivity index (χ2v) is 8.64. The second kappa shape index (κ2) is 10.1. The summed E-state index contributed by atoms with van der Waals surface area (Å²) in [6.07, 6.45) is 1.05. The van der Waals surface area contributed by atoms with Gasteiger partial charge in [-0.1, -0.05) is 48.0 Å². The van der Waals surface area contributed by atoms with E-state index in [1.54, 1.807) is 19.0 Å². The minimum absolute atomic E-state index is 0.0228. The molecule has 0 radical (unpaired) electrons. The molecule has 1 unspecified atom stereocenters. The summed E-state index contributed by atoms with van der Waals surface area (Å²) < 4.78 is 6.53. The van der Waals surface area contributed by atoms with Crippen molar-refractivity contribution in [3.63, 3.8) is 0 Å². The summed E-state index contributed by atoms with van der Waals surface area (Å²) in [4.78, 5) is 17.9. The molecule has 1 fully saturated rings. The molecule has 0 aromatic heterocycles. The van der Waals surface area contributed by atoms with Crippen LogP contribution in [0.1, 0.15) is 25.8 Å². The normalized spacial score (nSPS) is 17.7. The van der Waals surface area contributed by atoms with Crippen molar-refractivity contribution in [3.05, 3.63) is 34.3 Å². The molecule has 6 nitrogen and oxygen atoms in total. The van der Waals surface area contributed by atoms with Gasteiger partial charge in [-0.2, -0.15) is 0 Å². The van der Waals surface area contributed by atoms with Gasteiger partial charge < -0.3 is 20.3 Å². The van der Waals surface area contributed by atoms with Crippen LogP contribution in [0, 0.1) is 5.92 Å². The molecule has 1 amide bonds. The van der Waals surface area contributed by atoms with Gasteiger partial charge in [0.25, 0.3) is 0 Å². The number of aliphatic imine (C=N–C) groups is 1. The topological polar surface area (TPSA) is 66.0 Å². The number of guanidine groups is 1. The average Bonchev–Trinajstić information content (AvgIpc) is 3.14. The fourth-order valence-electron chi connectivity index (χ4n) is 2.86. The van der Waals surface area contributed by atoms with Crippen molar-refractivity contribution in [1.82, 2.24) is 15.5 Å². The first-order valence-corrected chi connectivity index (χ1v) is 10.1. The van der Waals surface area contributed by atoms with Crippen LogP contribution in [0.2, 0.25) is 0 Å². The van der Waals surface area contributed by atoms with Gasteiger partial charge in [-0.05, 0) is 18.1 Å². The molecule has 1 saturated heterocycles. The van der Waals surface area contributed by atoms with Gasteiger partial charge in [0.15, 0.2) is 5.96 Å². The minimum atomic E-state index is -0.107. The van der Waals surface area contributed by atoms with Crippen LogP contribution in [0.15, 0.2) is 33.7 Å². The summed E-state index contributed by atoms with van der Waals surface area (Å²) in [5.41, 5.74) is 1.12. The van der Waals surface area contributed by atoms with Crippen molar-refractivity contribution in [2.45, 2.75) is 25.7 Å². The predicted molar refractivity (Wildman–Crippen MR) is 113 cm³/mol. The summed E-state index contributed by atoms with van der Waals surface area (Å²) in [6.45, 7) is 7.58. The number of likely N-dealkylation sites (N-methyl/N-ethyl adjacent to an activating group) is 1. The van der Waals surface area contributed by atoms with E-state index in [0.717, 1.165) is 30.7 Å². The fourth-order valence-corrected chi connectivity index (χ4v) is 3.68. The number of nitrogens with zero attached hydrogens (tertiary/aromatic N) is 2. The maximum absolute atomic E-state index is 11.9. The van der Waals surface area contributed by atoms with Crippen LogP contribution in [0.5, 0.6) is 0 Å². The molecule has 1 atom stereocenters. The van der Waals surface area contributed by atoms with E-state index in [0.29, 0.717) is 18.4 Å². The highest BCUT2D eigenvalue weighted by atomic mass is 79.9. The lowest BCUT2D eigenvalue weighted by atomic mass is 9.84. The molecule has 0 saturated carbocycles. The molecule has 1 heterocycles. The Morgan fingerprint density at radius 3 is 2.70 bits per heavy atom. The zero-order valence-electron chi connectivity index (χ0n) is 16.7. The van der Waals surface area contributed by atoms with Crippen molar-refractivity contribution in [3.8, 4) is 0 Å². The van der Waals surface area contributed by atoms with E-state index >= 15 is 0 Å². The Morgan fingerprint density at radius 2 is 2.07 bits per heavy atom. The van der Waals surface area contributed by atoms with Gasteiger partial charge in [0.1, 0.15) is 6.54 Å². The maximum Gasteiger partial charge on any atom is 0.243 e. The van der Waals surface area contributed by atoms with Gasteiger partial charge in [-0.15, -0.1) is 0 Å². The molecule has 0 spiro atoms. The van der Waals surface area contributed by atoms with Crippen LogP contribution in [0.25, 0.3) is 0 Å². The average molecular weight is 439 g/mol. The summed E-state index contributed by atoms with van der Waals surface area (Å²) >= 11 is 3.64. The maximum atomic E-state index is 11.9. The lowest BCUT2D eigenvalue weighted by molar-refractivity contribution is -0.127. The van der Waals surface area contributed by atoms with E-state index in [1.165, 1.54) is 5.56 Å². The van der Waals surface area contributed by atoms with Crippen molar-refractivity contribution in [2.75, 3.05) is 46.9 Å². The summed E-state index contributed by atoms with van der Waals surface area (Å²) in [6, 6.07) is 8.24. The van der Waals surface area contributed by atoms with E-state index in [9.17, 15) is 4.79 Å². The first-order valence-electron chi connectivity index (χ1n) is 9.34. The molecule has 0 aliphatic carbocycles. The number of halogens is 1. The number of rotatable bonds is 7. The van der Waals surface area contributed by atoms with E-state index in [4.69, 9.17) is 4.74 Å². The molecule has 0 bridgehead atoms. The van der Waals surface area contributed by atoms with Gasteiger partial charge in [0.2, 0.25) is 5.91 Å². The highest BCUT2D eigenvalue weighted by Gasteiger charge is 2.23. The van der Waals surface area contributed by atoms with Crippen LogP contribution >= 0.6 is 15.9 Å². The number of hydrogen-bond acceptors (Lipinski definition) is 3. The van der Waals surface area contributed by atoms with Gasteiger partial charge in [0.05, 0.1) is 6.61 Å². The van der Waals surface area contributed by atoms with Crippen molar-refractivity contribution in [2.24, 2.45) is 10.9 Å². The molecule has 1 aliphatic rings. The lowest BCUT2D eigenvalue weighted by Gasteiger charge is -2.28. The number of nitrogens with one attached hydrogen (secondary N) is 2. The summed E-state index contributed by atoms with van der Waals surface area (Å²) in [5.74, 6) is 1.13. The van der Waals surface area contributed by atoms with Gasteiger partial charge in [0, 0.05) is 49.6 Å². The standard InChI is InChI=1S/C20H31BrN4O2/c1-20(2,16-7-5-6-8-17(16)21)14-24-19(23-12-18(26)25(3)4)22-11-15-9-10-27-13-15/h5-8,15H,9-14H2,1-4H3,(H2,22,23,24). The molecule has 150 valence electrons. The van der Waals surface area contributed by atoms with Crippen LogP contribution in [-0.2, 0) is 14.9 Å². The molecule has 7 heteroatoms. The van der Waals surface area contributed by atoms with Crippen LogP contribution in [0.3, 0.4) is 0 Å². The predicted octanol–water partition coefficient (Wildman–Crippen LogP) is 2.39. The largest absolute Gasteiger partial charge is 0.381 e. The van der Waals surface area contributed by atoms with E-state index in [-0.39, 0.29) is 17.9 Å². The molecule has 1 aromatic carbocycles. The summed E-state index contributed by atoms with van der Waals surface area (Å²) in [5, 5.41) is 6.78. The molecular weight excluding hydrogens is 408 g/mol. The smallest absolute Gasteiger partial charge is 0.243 e. The molecule has 1 aliphatic heterocycles. The van der Waals surface area contributed by atoms with E-state index in [2.05, 4.69) is 57.5 Å². The first-order chi connectivity index (χ1) is 12.8. The number of carbonyl (C=O) groups excluding carboxylic acids is 1. The Morgan fingerprint density at radius 1 is 1.33 bits per heavy atom. The van der Waals surface area contributed by atoms with Crippen LogP contribution in [-0.4, -0.2) is 63.7 Å². The Bertz CT molecular complexity index is 655. The van der Waals surface area contributed by atoms with Gasteiger partial charge >= 0.3 is 0 Å². The van der Waals surface area contributed by atoms with Crippen LogP contribution < -0.4 is 10.6 Å². The third-order valence-corrected chi connectivity index (χ3v) is 5.45. The van der Waals surface area contributed by atoms with E-state index < -0.39 is 0 Å². The molecule has 27 heavy (non-hydrogen) atoms. The Hall–Kier alpha value is -1.60. The second-order valence-electron chi connectivity index (χ2n) is 7.78. The Kier molecular flexibility index (Phi) is 8.10. The highest BCUT2D eigenvalue weighted by molar-refractivity contribution is 9.10. The first kappa shape index (κ1) is 21.7.